The number of ether oxygens (including phenoxy) is 1. The standard InChI is InChI=1S/C20H12N2O5/c23-15-10-11-20(27-15)16(19(26)22(20)12-6-2-1-3-7-12)21-17(24)13-8-4-5-9-14(13)18(21)25/h1-11,16H/t16-,20+/m1/s1. The quantitative estimate of drug-likeness (QED) is 0.460. The van der Waals surface area contributed by atoms with E-state index >= 15 is 0 Å². The number of imide groups is 1. The summed E-state index contributed by atoms with van der Waals surface area (Å²) < 4.78 is 5.45. The zero-order valence-electron chi connectivity index (χ0n) is 13.9. The third-order valence-corrected chi connectivity index (χ3v) is 5.02. The van der Waals surface area contributed by atoms with E-state index < -0.39 is 35.5 Å². The highest BCUT2D eigenvalue weighted by Gasteiger charge is 2.69. The van der Waals surface area contributed by atoms with Gasteiger partial charge in [-0.25, -0.2) is 4.79 Å². The van der Waals surface area contributed by atoms with Gasteiger partial charge in [-0.05, 0) is 30.3 Å². The molecule has 0 radical (unpaired) electrons. The Hall–Kier alpha value is -3.74. The van der Waals surface area contributed by atoms with E-state index in [1.54, 1.807) is 42.5 Å². The van der Waals surface area contributed by atoms with Gasteiger partial charge in [0.15, 0.2) is 6.04 Å². The number of fused-ring (bicyclic) bond motifs is 1. The number of rotatable bonds is 2. The lowest BCUT2D eigenvalue weighted by molar-refractivity contribution is -0.166. The average Bonchev–Trinajstić information content (AvgIpc) is 3.19. The van der Waals surface area contributed by atoms with Gasteiger partial charge in [0.2, 0.25) is 5.72 Å². The Morgan fingerprint density at radius 1 is 0.815 bits per heavy atom. The van der Waals surface area contributed by atoms with Crippen LogP contribution >= 0.6 is 0 Å². The van der Waals surface area contributed by atoms with Crippen LogP contribution in [0.1, 0.15) is 20.7 Å². The van der Waals surface area contributed by atoms with E-state index in [2.05, 4.69) is 0 Å². The molecule has 2 aromatic rings. The molecule has 7 nitrogen and oxygen atoms in total. The molecule has 3 heterocycles. The fourth-order valence-corrected chi connectivity index (χ4v) is 3.86. The van der Waals surface area contributed by atoms with Crippen molar-refractivity contribution in [1.29, 1.82) is 0 Å². The van der Waals surface area contributed by atoms with Crippen molar-refractivity contribution < 1.29 is 23.9 Å². The number of hydrogen-bond acceptors (Lipinski definition) is 5. The van der Waals surface area contributed by atoms with Gasteiger partial charge in [-0.15, -0.1) is 0 Å². The lowest BCUT2D eigenvalue weighted by Crippen LogP contribution is -2.80. The number of amides is 3. The first-order chi connectivity index (χ1) is 13.0. The summed E-state index contributed by atoms with van der Waals surface area (Å²) in [6.07, 6.45) is 2.63. The van der Waals surface area contributed by atoms with Crippen LogP contribution in [-0.4, -0.2) is 40.4 Å². The van der Waals surface area contributed by atoms with Crippen LogP contribution in [0, 0.1) is 0 Å². The maximum absolute atomic E-state index is 13.0. The maximum atomic E-state index is 13.0. The summed E-state index contributed by atoms with van der Waals surface area (Å²) >= 11 is 0. The minimum atomic E-state index is -1.52. The number of carbonyl (C=O) groups is 4. The van der Waals surface area contributed by atoms with Crippen LogP contribution in [0.2, 0.25) is 0 Å². The van der Waals surface area contributed by atoms with Gasteiger partial charge in [0.05, 0.1) is 11.1 Å². The number of benzene rings is 2. The average molecular weight is 360 g/mol. The molecule has 7 heteroatoms. The summed E-state index contributed by atoms with van der Waals surface area (Å²) in [5.41, 5.74) is -0.549. The summed E-state index contributed by atoms with van der Waals surface area (Å²) in [7, 11) is 0. The molecule has 5 rings (SSSR count). The molecule has 0 saturated carbocycles. The van der Waals surface area contributed by atoms with Gasteiger partial charge in [-0.2, -0.15) is 0 Å². The first-order valence-corrected chi connectivity index (χ1v) is 8.33. The summed E-state index contributed by atoms with van der Waals surface area (Å²) in [6.45, 7) is 0. The third-order valence-electron chi connectivity index (χ3n) is 5.02. The predicted molar refractivity (Wildman–Crippen MR) is 92.6 cm³/mol. The molecule has 3 aliphatic heterocycles. The smallest absolute Gasteiger partial charge is 0.333 e. The Kier molecular flexibility index (Phi) is 2.95. The van der Waals surface area contributed by atoms with Crippen LogP contribution in [0.4, 0.5) is 5.69 Å². The summed E-state index contributed by atoms with van der Waals surface area (Å²) in [4.78, 5) is 52.7. The molecule has 1 saturated heterocycles. The molecule has 3 amide bonds. The highest BCUT2D eigenvalue weighted by Crippen LogP contribution is 2.46. The molecule has 3 aliphatic rings. The number of nitrogens with zero attached hydrogens (tertiary/aromatic N) is 2. The van der Waals surface area contributed by atoms with Crippen molar-refractivity contribution in [3.63, 3.8) is 0 Å². The molecule has 0 unspecified atom stereocenters. The Morgan fingerprint density at radius 2 is 1.41 bits per heavy atom. The number of β-lactam (4-membered cyclic amide) rings is 1. The number of hydrogen-bond donors (Lipinski definition) is 0. The van der Waals surface area contributed by atoms with Crippen molar-refractivity contribution in [2.24, 2.45) is 0 Å². The fourth-order valence-electron chi connectivity index (χ4n) is 3.86. The zero-order valence-corrected chi connectivity index (χ0v) is 13.9. The van der Waals surface area contributed by atoms with E-state index in [0.29, 0.717) is 5.69 Å². The predicted octanol–water partition coefficient (Wildman–Crippen LogP) is 1.51. The Labute approximate surface area is 153 Å². The highest BCUT2D eigenvalue weighted by atomic mass is 16.6. The monoisotopic (exact) mass is 360 g/mol. The molecule has 1 fully saturated rings. The first kappa shape index (κ1) is 15.5. The molecule has 132 valence electrons. The molecule has 2 aromatic carbocycles. The second-order valence-electron chi connectivity index (χ2n) is 6.44. The van der Waals surface area contributed by atoms with Gasteiger partial charge in [-0.3, -0.25) is 24.2 Å². The van der Waals surface area contributed by atoms with Crippen LogP contribution in [0.25, 0.3) is 0 Å². The number of esters is 1. The molecule has 0 bridgehead atoms. The van der Waals surface area contributed by atoms with E-state index in [9.17, 15) is 19.2 Å². The van der Waals surface area contributed by atoms with Gasteiger partial charge in [0, 0.05) is 11.8 Å². The van der Waals surface area contributed by atoms with Gasteiger partial charge >= 0.3 is 5.97 Å². The van der Waals surface area contributed by atoms with E-state index in [-0.39, 0.29) is 11.1 Å². The van der Waals surface area contributed by atoms with Crippen molar-refractivity contribution in [3.05, 3.63) is 77.9 Å². The largest absolute Gasteiger partial charge is 0.429 e. The summed E-state index contributed by atoms with van der Waals surface area (Å²) in [6, 6.07) is 13.8. The van der Waals surface area contributed by atoms with Crippen molar-refractivity contribution in [1.82, 2.24) is 4.90 Å². The normalized spacial score (nSPS) is 25.9. The Morgan fingerprint density at radius 3 is 1.96 bits per heavy atom. The second kappa shape index (κ2) is 5.14. The van der Waals surface area contributed by atoms with Crippen LogP contribution in [0.3, 0.4) is 0 Å². The van der Waals surface area contributed by atoms with E-state index in [4.69, 9.17) is 4.74 Å². The minimum Gasteiger partial charge on any atom is -0.429 e. The second-order valence-corrected chi connectivity index (χ2v) is 6.44. The minimum absolute atomic E-state index is 0.233. The third kappa shape index (κ3) is 1.85. The molecule has 0 N–H and O–H groups in total. The lowest BCUT2D eigenvalue weighted by atomic mass is 9.87. The molecule has 0 aliphatic carbocycles. The Balaban J connectivity index is 1.61. The molecule has 2 atom stereocenters. The van der Waals surface area contributed by atoms with Crippen LogP contribution in [0.15, 0.2) is 66.7 Å². The summed E-state index contributed by atoms with van der Waals surface area (Å²) in [5.74, 6) is -2.27. The van der Waals surface area contributed by atoms with E-state index in [1.165, 1.54) is 29.2 Å². The molecule has 27 heavy (non-hydrogen) atoms. The van der Waals surface area contributed by atoms with Crippen LogP contribution in [-0.2, 0) is 14.3 Å². The van der Waals surface area contributed by atoms with Gasteiger partial charge in [-0.1, -0.05) is 30.3 Å². The van der Waals surface area contributed by atoms with Gasteiger partial charge in [0.25, 0.3) is 17.7 Å². The van der Waals surface area contributed by atoms with E-state index in [0.717, 1.165) is 4.90 Å². The first-order valence-electron chi connectivity index (χ1n) is 8.33. The van der Waals surface area contributed by atoms with Crippen molar-refractivity contribution in [2.45, 2.75) is 11.8 Å². The number of carbonyl (C=O) groups excluding carboxylic acids is 4. The lowest BCUT2D eigenvalue weighted by Gasteiger charge is -2.54. The summed E-state index contributed by atoms with van der Waals surface area (Å²) in [5, 5.41) is 0. The Bertz CT molecular complexity index is 1030. The van der Waals surface area contributed by atoms with Gasteiger partial charge < -0.3 is 4.74 Å². The number of anilines is 1. The van der Waals surface area contributed by atoms with Crippen molar-refractivity contribution in [2.75, 3.05) is 4.90 Å². The topological polar surface area (TPSA) is 84.0 Å². The van der Waals surface area contributed by atoms with Crippen LogP contribution < -0.4 is 4.90 Å². The van der Waals surface area contributed by atoms with E-state index in [1.807, 2.05) is 0 Å². The van der Waals surface area contributed by atoms with Crippen LogP contribution in [0.5, 0.6) is 0 Å². The molecule has 1 spiro atoms. The fraction of sp³-hybridized carbons (Fsp3) is 0.100. The van der Waals surface area contributed by atoms with Crippen molar-refractivity contribution in [3.8, 4) is 0 Å². The van der Waals surface area contributed by atoms with Gasteiger partial charge in [0.1, 0.15) is 0 Å². The molecule has 0 aromatic heterocycles. The maximum Gasteiger partial charge on any atom is 0.333 e. The highest BCUT2D eigenvalue weighted by molar-refractivity contribution is 6.25. The SMILES string of the molecule is O=C1C=C[C@]2(O1)[C@H](N1C(=O)c3ccccc3C1=O)C(=O)N2c1ccccc1. The molecular weight excluding hydrogens is 348 g/mol. The van der Waals surface area contributed by atoms with Crippen molar-refractivity contribution >= 4 is 29.4 Å². The zero-order chi connectivity index (χ0) is 18.8. The molecular formula is C20H12N2O5. The number of para-hydroxylation sites is 1.